The number of nitrogen functional groups attached to an aromatic ring is 1. The molecule has 1 heterocycles. The number of fused-ring (bicyclic) bond motifs is 2. The number of nitrogens with two attached hydrogens (primary N) is 1. The second kappa shape index (κ2) is 3.27. The largest absolute Gasteiger partial charge is 0.457 e. The van der Waals surface area contributed by atoms with E-state index in [4.69, 9.17) is 10.5 Å². The molecular formula is C15H15NO. The zero-order chi connectivity index (χ0) is 12.0. The van der Waals surface area contributed by atoms with E-state index in [0.29, 0.717) is 0 Å². The van der Waals surface area contributed by atoms with Gasteiger partial charge < -0.3 is 10.5 Å². The zero-order valence-electron chi connectivity index (χ0n) is 10.0. The SMILES string of the molecule is CC1(C)c2ccccc2Oc2ccc(N)cc21. The number of anilines is 1. The molecule has 0 atom stereocenters. The Balaban J connectivity index is 2.27. The van der Waals surface area contributed by atoms with Crippen LogP contribution < -0.4 is 10.5 Å². The first-order valence-corrected chi connectivity index (χ1v) is 5.76. The van der Waals surface area contributed by atoms with E-state index in [1.54, 1.807) is 0 Å². The molecule has 86 valence electrons. The van der Waals surface area contributed by atoms with Crippen LogP contribution in [0.5, 0.6) is 11.5 Å². The van der Waals surface area contributed by atoms with Crippen LogP contribution in [-0.2, 0) is 5.41 Å². The second-order valence-corrected chi connectivity index (χ2v) is 4.98. The molecular weight excluding hydrogens is 210 g/mol. The third-order valence-corrected chi connectivity index (χ3v) is 3.46. The van der Waals surface area contributed by atoms with Crippen LogP contribution >= 0.6 is 0 Å². The fourth-order valence-corrected chi connectivity index (χ4v) is 2.46. The summed E-state index contributed by atoms with van der Waals surface area (Å²) in [4.78, 5) is 0. The molecule has 0 aromatic heterocycles. The Kier molecular flexibility index (Phi) is 1.96. The summed E-state index contributed by atoms with van der Waals surface area (Å²) in [7, 11) is 0. The lowest BCUT2D eigenvalue weighted by atomic mass is 9.76. The van der Waals surface area contributed by atoms with Gasteiger partial charge >= 0.3 is 0 Å². The molecule has 1 aliphatic heterocycles. The molecule has 3 rings (SSSR count). The van der Waals surface area contributed by atoms with Gasteiger partial charge in [-0.25, -0.2) is 0 Å². The van der Waals surface area contributed by atoms with Crippen molar-refractivity contribution in [1.29, 1.82) is 0 Å². The molecule has 0 fully saturated rings. The first-order valence-electron chi connectivity index (χ1n) is 5.76. The molecule has 0 saturated carbocycles. The highest BCUT2D eigenvalue weighted by Gasteiger charge is 2.33. The molecule has 0 radical (unpaired) electrons. The maximum Gasteiger partial charge on any atom is 0.131 e. The monoisotopic (exact) mass is 225 g/mol. The summed E-state index contributed by atoms with van der Waals surface area (Å²) >= 11 is 0. The molecule has 0 unspecified atom stereocenters. The second-order valence-electron chi connectivity index (χ2n) is 4.98. The van der Waals surface area contributed by atoms with Crippen LogP contribution in [0.15, 0.2) is 42.5 Å². The van der Waals surface area contributed by atoms with Crippen LogP contribution in [0.2, 0.25) is 0 Å². The van der Waals surface area contributed by atoms with Gasteiger partial charge in [-0.15, -0.1) is 0 Å². The Morgan fingerprint density at radius 3 is 2.47 bits per heavy atom. The molecule has 2 N–H and O–H groups in total. The van der Waals surface area contributed by atoms with E-state index in [2.05, 4.69) is 19.9 Å². The molecule has 2 nitrogen and oxygen atoms in total. The van der Waals surface area contributed by atoms with Crippen molar-refractivity contribution in [1.82, 2.24) is 0 Å². The molecule has 0 bridgehead atoms. The maximum absolute atomic E-state index is 5.91. The van der Waals surface area contributed by atoms with Gasteiger partial charge in [0.25, 0.3) is 0 Å². The third kappa shape index (κ3) is 1.41. The molecule has 2 heteroatoms. The van der Waals surface area contributed by atoms with E-state index in [0.717, 1.165) is 22.7 Å². The number of ether oxygens (including phenoxy) is 1. The van der Waals surface area contributed by atoms with Gasteiger partial charge in [0, 0.05) is 22.2 Å². The average Bonchev–Trinajstić information content (AvgIpc) is 2.31. The summed E-state index contributed by atoms with van der Waals surface area (Å²) in [6.07, 6.45) is 0. The van der Waals surface area contributed by atoms with Crippen LogP contribution in [0.1, 0.15) is 25.0 Å². The first-order chi connectivity index (χ1) is 8.09. The highest BCUT2D eigenvalue weighted by Crippen LogP contribution is 2.47. The van der Waals surface area contributed by atoms with Gasteiger partial charge in [0.2, 0.25) is 0 Å². The Hall–Kier alpha value is -1.96. The van der Waals surface area contributed by atoms with Gasteiger partial charge in [-0.1, -0.05) is 32.0 Å². The third-order valence-electron chi connectivity index (χ3n) is 3.46. The average molecular weight is 225 g/mol. The lowest BCUT2D eigenvalue weighted by Gasteiger charge is -2.34. The number of hydrogen-bond donors (Lipinski definition) is 1. The molecule has 0 aliphatic carbocycles. The van der Waals surface area contributed by atoms with E-state index in [1.807, 2.05) is 36.4 Å². The van der Waals surface area contributed by atoms with Gasteiger partial charge in [0.1, 0.15) is 11.5 Å². The molecule has 17 heavy (non-hydrogen) atoms. The minimum atomic E-state index is -0.0699. The predicted octanol–water partition coefficient (Wildman–Crippen LogP) is 3.70. The fourth-order valence-electron chi connectivity index (χ4n) is 2.46. The van der Waals surface area contributed by atoms with Gasteiger partial charge in [-0.05, 0) is 24.3 Å². The normalized spacial score (nSPS) is 15.6. The smallest absolute Gasteiger partial charge is 0.131 e. The van der Waals surface area contributed by atoms with Gasteiger partial charge in [0.15, 0.2) is 0 Å². The van der Waals surface area contributed by atoms with Crippen LogP contribution in [0.4, 0.5) is 5.69 Å². The van der Waals surface area contributed by atoms with Gasteiger partial charge in [0.05, 0.1) is 0 Å². The first kappa shape index (κ1) is 10.2. The van der Waals surface area contributed by atoms with Gasteiger partial charge in [-0.3, -0.25) is 0 Å². The molecule has 0 saturated heterocycles. The number of benzene rings is 2. The topological polar surface area (TPSA) is 35.2 Å². The van der Waals surface area contributed by atoms with Crippen molar-refractivity contribution in [3.8, 4) is 11.5 Å². The quantitative estimate of drug-likeness (QED) is 0.694. The fraction of sp³-hybridized carbons (Fsp3) is 0.200. The summed E-state index contributed by atoms with van der Waals surface area (Å²) in [5.74, 6) is 1.85. The molecule has 2 aromatic carbocycles. The Bertz CT molecular complexity index is 587. The Morgan fingerprint density at radius 1 is 0.941 bits per heavy atom. The van der Waals surface area contributed by atoms with E-state index in [9.17, 15) is 0 Å². The Labute approximate surface area is 101 Å². The van der Waals surface area contributed by atoms with Crippen LogP contribution in [0.3, 0.4) is 0 Å². The number of rotatable bonds is 0. The summed E-state index contributed by atoms with van der Waals surface area (Å²) in [5.41, 5.74) is 8.93. The van der Waals surface area contributed by atoms with Crippen molar-refractivity contribution < 1.29 is 4.74 Å². The summed E-state index contributed by atoms with van der Waals surface area (Å²) in [6, 6.07) is 14.0. The van der Waals surface area contributed by atoms with Crippen molar-refractivity contribution in [3.63, 3.8) is 0 Å². The Morgan fingerprint density at radius 2 is 1.65 bits per heavy atom. The van der Waals surface area contributed by atoms with E-state index in [1.165, 1.54) is 5.56 Å². The van der Waals surface area contributed by atoms with Crippen molar-refractivity contribution in [2.75, 3.05) is 5.73 Å². The van der Waals surface area contributed by atoms with Crippen molar-refractivity contribution in [2.24, 2.45) is 0 Å². The van der Waals surface area contributed by atoms with Crippen molar-refractivity contribution in [2.45, 2.75) is 19.3 Å². The zero-order valence-corrected chi connectivity index (χ0v) is 10.0. The summed E-state index contributed by atoms with van der Waals surface area (Å²) in [5, 5.41) is 0. The minimum Gasteiger partial charge on any atom is -0.457 e. The molecule has 1 aliphatic rings. The standard InChI is InChI=1S/C15H15NO/c1-15(2)11-5-3-4-6-13(11)17-14-8-7-10(16)9-12(14)15/h3-9H,16H2,1-2H3. The lowest BCUT2D eigenvalue weighted by Crippen LogP contribution is -2.24. The van der Waals surface area contributed by atoms with Crippen molar-refractivity contribution in [3.05, 3.63) is 53.6 Å². The number of hydrogen-bond acceptors (Lipinski definition) is 2. The van der Waals surface area contributed by atoms with E-state index >= 15 is 0 Å². The van der Waals surface area contributed by atoms with E-state index in [-0.39, 0.29) is 5.41 Å². The molecule has 2 aromatic rings. The minimum absolute atomic E-state index is 0.0699. The summed E-state index contributed by atoms with van der Waals surface area (Å²) in [6.45, 7) is 4.40. The van der Waals surface area contributed by atoms with E-state index < -0.39 is 0 Å². The molecule has 0 spiro atoms. The number of para-hydroxylation sites is 1. The maximum atomic E-state index is 5.91. The lowest BCUT2D eigenvalue weighted by molar-refractivity contribution is 0.418. The summed E-state index contributed by atoms with van der Waals surface area (Å²) < 4.78 is 5.91. The molecule has 0 amide bonds. The van der Waals surface area contributed by atoms with Crippen LogP contribution in [0, 0.1) is 0 Å². The van der Waals surface area contributed by atoms with Crippen molar-refractivity contribution >= 4 is 5.69 Å². The highest BCUT2D eigenvalue weighted by molar-refractivity contribution is 5.60. The van der Waals surface area contributed by atoms with Gasteiger partial charge in [-0.2, -0.15) is 0 Å². The predicted molar refractivity (Wildman–Crippen MR) is 69.5 cm³/mol. The van der Waals surface area contributed by atoms with Crippen LogP contribution in [-0.4, -0.2) is 0 Å². The van der Waals surface area contributed by atoms with Crippen LogP contribution in [0.25, 0.3) is 0 Å². The highest BCUT2D eigenvalue weighted by atomic mass is 16.5.